The van der Waals surface area contributed by atoms with Gasteiger partial charge in [0, 0.05) is 71.0 Å². The molecule has 0 amide bonds. The molecular formula is C53H37N2O2Pt-. The molecule has 0 aliphatic carbocycles. The van der Waals surface area contributed by atoms with E-state index in [9.17, 15) is 5.11 Å². The van der Waals surface area contributed by atoms with E-state index in [-0.39, 0.29) is 26.8 Å². The molecule has 0 bridgehead atoms. The van der Waals surface area contributed by atoms with Crippen LogP contribution in [0.5, 0.6) is 5.75 Å². The molecule has 0 unspecified atom stereocenters. The minimum absolute atomic E-state index is 0. The zero-order valence-corrected chi connectivity index (χ0v) is 34.4. The summed E-state index contributed by atoms with van der Waals surface area (Å²) in [5.41, 5.74) is 15.9. The first-order chi connectivity index (χ1) is 27.9. The monoisotopic (exact) mass is 928 g/mol. The van der Waals surface area contributed by atoms with Gasteiger partial charge < -0.3 is 9.52 Å². The predicted octanol–water partition coefficient (Wildman–Crippen LogP) is 14.0. The molecule has 0 radical (unpaired) electrons. The van der Waals surface area contributed by atoms with Gasteiger partial charge in [0.1, 0.15) is 16.9 Å². The van der Waals surface area contributed by atoms with Crippen molar-refractivity contribution in [3.63, 3.8) is 0 Å². The molecule has 3 heterocycles. The third-order valence-electron chi connectivity index (χ3n) is 10.8. The fourth-order valence-electron chi connectivity index (χ4n) is 8.20. The van der Waals surface area contributed by atoms with Gasteiger partial charge in [-0.1, -0.05) is 150 Å². The summed E-state index contributed by atoms with van der Waals surface area (Å²) in [7, 11) is 0. The van der Waals surface area contributed by atoms with E-state index in [1.54, 1.807) is 0 Å². The number of phenolic OH excluding ortho intramolecular Hbond substituents is 1. The smallest absolute Gasteiger partial charge is 0.143 e. The van der Waals surface area contributed by atoms with Crippen molar-refractivity contribution in [2.75, 3.05) is 0 Å². The Morgan fingerprint density at radius 3 is 1.74 bits per heavy atom. The fraction of sp³-hybridized carbons (Fsp3) is 0.0566. The number of aromatic nitrogens is 2. The van der Waals surface area contributed by atoms with Crippen molar-refractivity contribution in [2.24, 2.45) is 0 Å². The number of fused-ring (bicyclic) bond motifs is 4. The van der Waals surface area contributed by atoms with Crippen LogP contribution in [0.1, 0.15) is 16.8 Å². The predicted molar refractivity (Wildman–Crippen MR) is 234 cm³/mol. The van der Waals surface area contributed by atoms with Gasteiger partial charge in [-0.25, -0.2) is 0 Å². The number of para-hydroxylation sites is 2. The minimum atomic E-state index is 0. The van der Waals surface area contributed by atoms with Crippen LogP contribution in [0.3, 0.4) is 0 Å². The molecule has 0 saturated heterocycles. The summed E-state index contributed by atoms with van der Waals surface area (Å²) in [5, 5.41) is 15.5. The number of furan rings is 1. The van der Waals surface area contributed by atoms with Gasteiger partial charge in [-0.3, -0.25) is 9.97 Å². The molecule has 1 N–H and O–H groups in total. The molecular weight excluding hydrogens is 892 g/mol. The van der Waals surface area contributed by atoms with Crippen molar-refractivity contribution in [3.05, 3.63) is 187 Å². The number of aromatic hydroxyl groups is 1. The first kappa shape index (κ1) is 37.0. The van der Waals surface area contributed by atoms with Crippen molar-refractivity contribution < 1.29 is 30.6 Å². The quantitative estimate of drug-likeness (QED) is 0.169. The van der Waals surface area contributed by atoms with Crippen molar-refractivity contribution in [3.8, 4) is 72.9 Å². The second-order valence-corrected chi connectivity index (χ2v) is 14.9. The maximum atomic E-state index is 11.6. The number of benzene rings is 7. The Balaban J connectivity index is 0.00000436. The number of aryl methyl sites for hydroxylation is 3. The molecule has 3 aromatic heterocycles. The molecule has 0 aliphatic rings. The van der Waals surface area contributed by atoms with Crippen LogP contribution in [-0.4, -0.2) is 15.1 Å². The van der Waals surface area contributed by atoms with Gasteiger partial charge in [0.15, 0.2) is 0 Å². The number of phenols is 1. The topological polar surface area (TPSA) is 59.2 Å². The van der Waals surface area contributed by atoms with E-state index >= 15 is 0 Å². The molecule has 4 nitrogen and oxygen atoms in total. The van der Waals surface area contributed by atoms with E-state index in [0.29, 0.717) is 11.3 Å². The van der Waals surface area contributed by atoms with Crippen LogP contribution in [0.25, 0.3) is 99.9 Å². The van der Waals surface area contributed by atoms with Crippen LogP contribution in [0, 0.1) is 26.8 Å². The van der Waals surface area contributed by atoms with Crippen molar-refractivity contribution in [1.82, 2.24) is 9.97 Å². The zero-order chi connectivity index (χ0) is 38.6. The van der Waals surface area contributed by atoms with E-state index in [1.807, 2.05) is 67.6 Å². The second kappa shape index (κ2) is 15.0. The molecule has 10 aromatic rings. The van der Waals surface area contributed by atoms with Crippen LogP contribution in [-0.2, 0) is 21.1 Å². The Morgan fingerprint density at radius 1 is 0.448 bits per heavy atom. The number of rotatable bonds is 6. The number of pyridine rings is 2. The summed E-state index contributed by atoms with van der Waals surface area (Å²) < 4.78 is 6.77. The third kappa shape index (κ3) is 6.70. The van der Waals surface area contributed by atoms with E-state index in [1.165, 1.54) is 11.1 Å². The summed E-state index contributed by atoms with van der Waals surface area (Å²) >= 11 is 0. The summed E-state index contributed by atoms with van der Waals surface area (Å²) in [6.07, 6.45) is 0. The third-order valence-corrected chi connectivity index (χ3v) is 10.8. The Bertz CT molecular complexity index is 3160. The number of hydrogen-bond acceptors (Lipinski definition) is 4. The first-order valence-corrected chi connectivity index (χ1v) is 19.2. The first-order valence-electron chi connectivity index (χ1n) is 19.2. The molecule has 0 saturated carbocycles. The maximum Gasteiger partial charge on any atom is 0.143 e. The van der Waals surface area contributed by atoms with Crippen LogP contribution >= 0.6 is 0 Å². The number of nitrogens with zero attached hydrogens (tertiary/aromatic N) is 2. The van der Waals surface area contributed by atoms with Gasteiger partial charge in [0.2, 0.25) is 0 Å². The molecule has 10 rings (SSSR count). The van der Waals surface area contributed by atoms with E-state index < -0.39 is 0 Å². The average molecular weight is 929 g/mol. The Labute approximate surface area is 351 Å². The van der Waals surface area contributed by atoms with Crippen molar-refractivity contribution >= 4 is 32.7 Å². The van der Waals surface area contributed by atoms with E-state index in [4.69, 9.17) is 14.4 Å². The zero-order valence-electron chi connectivity index (χ0n) is 32.2. The molecule has 7 aromatic carbocycles. The van der Waals surface area contributed by atoms with Crippen molar-refractivity contribution in [1.29, 1.82) is 0 Å². The fourth-order valence-corrected chi connectivity index (χ4v) is 8.20. The van der Waals surface area contributed by atoms with Crippen LogP contribution in [0.2, 0.25) is 0 Å². The van der Waals surface area contributed by atoms with Gasteiger partial charge in [-0.15, -0.1) is 24.3 Å². The molecule has 5 heteroatoms. The van der Waals surface area contributed by atoms with Crippen LogP contribution in [0.4, 0.5) is 0 Å². The minimum Gasteiger partial charge on any atom is -0.507 e. The Hall–Kier alpha value is -6.61. The van der Waals surface area contributed by atoms with Crippen LogP contribution in [0.15, 0.2) is 168 Å². The van der Waals surface area contributed by atoms with E-state index in [2.05, 4.69) is 123 Å². The molecule has 0 fully saturated rings. The normalized spacial score (nSPS) is 11.3. The molecule has 0 spiro atoms. The van der Waals surface area contributed by atoms with Crippen LogP contribution < -0.4 is 0 Å². The molecule has 282 valence electrons. The number of hydrogen-bond donors (Lipinski definition) is 1. The SMILES string of the molecule is Cc1cc(C)cc(-c2cc(-c3[c-]c(-c4cc(-c5cccc6c5oc5c(-c7ccccc7)cccc56)cc(C)n4)ccc3)nc(-c3ccc4ccccc4c3O)c2)c1.[Pt]. The summed E-state index contributed by atoms with van der Waals surface area (Å²) in [5.74, 6) is 0.217. The molecule has 0 aliphatic heterocycles. The average Bonchev–Trinajstić information content (AvgIpc) is 3.63. The standard InChI is InChI=1S/C53H37N2O2.Pt/c1-32-24-33(2)26-39(25-32)40-29-49(55-50(30-40)47-23-22-36-14-7-8-17-42(36)51(47)56)38-16-9-15-37(28-38)48-31-41(27-34(3)54-48)44-19-11-21-46-45-20-10-18-43(52(45)57-53(44)46)35-12-5-4-6-13-35;/h4-27,29-31,56H,1-3H3;/q-1;. The van der Waals surface area contributed by atoms with Gasteiger partial charge in [-0.2, -0.15) is 0 Å². The summed E-state index contributed by atoms with van der Waals surface area (Å²) in [6.45, 7) is 6.26. The molecule has 0 atom stereocenters. The summed E-state index contributed by atoms with van der Waals surface area (Å²) in [4.78, 5) is 10.2. The largest absolute Gasteiger partial charge is 0.507 e. The Morgan fingerprint density at radius 2 is 1.02 bits per heavy atom. The second-order valence-electron chi connectivity index (χ2n) is 14.9. The summed E-state index contributed by atoms with van der Waals surface area (Å²) in [6, 6.07) is 59.8. The van der Waals surface area contributed by atoms with Gasteiger partial charge >= 0.3 is 0 Å². The van der Waals surface area contributed by atoms with Gasteiger partial charge in [-0.05, 0) is 66.6 Å². The van der Waals surface area contributed by atoms with Gasteiger partial charge in [0.25, 0.3) is 0 Å². The maximum absolute atomic E-state index is 11.6. The van der Waals surface area contributed by atoms with E-state index in [0.717, 1.165) is 94.3 Å². The van der Waals surface area contributed by atoms with Gasteiger partial charge in [0.05, 0.1) is 5.69 Å². The Kier molecular flexibility index (Phi) is 9.60. The molecule has 58 heavy (non-hydrogen) atoms. The van der Waals surface area contributed by atoms with Crippen molar-refractivity contribution in [2.45, 2.75) is 20.8 Å².